The Morgan fingerprint density at radius 1 is 0.375 bits per heavy atom. The van der Waals surface area contributed by atoms with Crippen LogP contribution < -0.4 is 14.5 Å². The number of pyridine rings is 1. The van der Waals surface area contributed by atoms with Crippen LogP contribution in [0.25, 0.3) is 61.0 Å². The number of fused-ring (bicyclic) bond motifs is 7. The molecule has 5 heteroatoms. The van der Waals surface area contributed by atoms with Gasteiger partial charge in [-0.25, -0.2) is 4.98 Å². The SMILES string of the molecule is CC(C)(C)c1ccc(C2(c3cc(Oc4ccc5c6ccccc6n(-c6cc(C(C)(C)C)ccn6)c5c4)cc(N4CN(c5c(-c6ccccc6)cc(C(C)(C)C)cc5-c5ccccc5)c5ccccc54)c3)c3ccccc3-c3cc(C(C)(C)C)ccc32)cc1. The quantitative estimate of drug-likeness (QED) is 0.144. The molecule has 436 valence electrons. The molecule has 14 rings (SSSR count). The summed E-state index contributed by atoms with van der Waals surface area (Å²) in [5, 5.41) is 2.31. The van der Waals surface area contributed by atoms with Gasteiger partial charge in [-0.1, -0.05) is 241 Å². The molecule has 1 aliphatic carbocycles. The number of benzene rings is 10. The first-order valence-electron chi connectivity index (χ1n) is 31.3. The smallest absolute Gasteiger partial charge is 0.137 e. The third-order valence-corrected chi connectivity index (χ3v) is 18.6. The second-order valence-corrected chi connectivity index (χ2v) is 28.5. The molecule has 12 aromatic rings. The summed E-state index contributed by atoms with van der Waals surface area (Å²) in [5.41, 5.74) is 22.7. The van der Waals surface area contributed by atoms with Crippen molar-refractivity contribution in [1.29, 1.82) is 0 Å². The number of nitrogens with zero attached hydrogens (tertiary/aromatic N) is 4. The van der Waals surface area contributed by atoms with Crippen molar-refractivity contribution in [3.8, 4) is 50.7 Å². The number of anilines is 4. The molecular weight excluding hydrogens is 1070 g/mol. The van der Waals surface area contributed by atoms with Crippen LogP contribution >= 0.6 is 0 Å². The second kappa shape index (κ2) is 20.9. The van der Waals surface area contributed by atoms with E-state index in [0.29, 0.717) is 6.67 Å². The first kappa shape index (κ1) is 56.4. The normalized spacial score (nSPS) is 15.0. The first-order valence-corrected chi connectivity index (χ1v) is 31.3. The van der Waals surface area contributed by atoms with Crippen LogP contribution in [0.5, 0.6) is 11.5 Å². The molecule has 2 aromatic heterocycles. The fourth-order valence-corrected chi connectivity index (χ4v) is 13.8. The van der Waals surface area contributed by atoms with Gasteiger partial charge in [0.1, 0.15) is 24.0 Å². The summed E-state index contributed by atoms with van der Waals surface area (Å²) >= 11 is 0. The van der Waals surface area contributed by atoms with E-state index >= 15 is 0 Å². The van der Waals surface area contributed by atoms with Crippen molar-refractivity contribution in [2.75, 3.05) is 16.5 Å². The predicted octanol–water partition coefficient (Wildman–Crippen LogP) is 22.1. The molecular formula is C83H78N4O. The fourth-order valence-electron chi connectivity index (χ4n) is 13.8. The molecule has 0 amide bonds. The summed E-state index contributed by atoms with van der Waals surface area (Å²) in [6.07, 6.45) is 1.95. The first-order chi connectivity index (χ1) is 42.1. The summed E-state index contributed by atoms with van der Waals surface area (Å²) in [5.74, 6) is 2.36. The van der Waals surface area contributed by atoms with Crippen molar-refractivity contribution in [2.24, 2.45) is 0 Å². The third kappa shape index (κ3) is 9.58. The Kier molecular flexibility index (Phi) is 13.4. The highest BCUT2D eigenvalue weighted by Gasteiger charge is 2.47. The van der Waals surface area contributed by atoms with Crippen molar-refractivity contribution < 1.29 is 4.74 Å². The Hall–Kier alpha value is -9.45. The van der Waals surface area contributed by atoms with E-state index in [9.17, 15) is 0 Å². The van der Waals surface area contributed by atoms with Crippen LogP contribution in [0.1, 0.15) is 128 Å². The van der Waals surface area contributed by atoms with Crippen LogP contribution in [0, 0.1) is 0 Å². The van der Waals surface area contributed by atoms with Gasteiger partial charge < -0.3 is 14.5 Å². The zero-order valence-electron chi connectivity index (χ0n) is 53.0. The fraction of sp³-hybridized carbons (Fsp3) is 0.217. The number of aromatic nitrogens is 2. The molecule has 2 aliphatic rings. The minimum atomic E-state index is -0.754. The Labute approximate surface area is 520 Å². The van der Waals surface area contributed by atoms with Gasteiger partial charge >= 0.3 is 0 Å². The zero-order chi connectivity index (χ0) is 61.1. The number of para-hydroxylation sites is 3. The topological polar surface area (TPSA) is 33.5 Å². The lowest BCUT2D eigenvalue weighted by molar-refractivity contribution is 0.482. The van der Waals surface area contributed by atoms with Crippen molar-refractivity contribution in [2.45, 2.75) is 110 Å². The highest BCUT2D eigenvalue weighted by Crippen LogP contribution is 2.59. The van der Waals surface area contributed by atoms with E-state index in [1.807, 2.05) is 6.20 Å². The Morgan fingerprint density at radius 2 is 0.920 bits per heavy atom. The lowest BCUT2D eigenvalue weighted by atomic mass is 9.67. The molecule has 0 saturated carbocycles. The number of ether oxygens (including phenoxy) is 1. The van der Waals surface area contributed by atoms with Gasteiger partial charge in [-0.2, -0.15) is 0 Å². The summed E-state index contributed by atoms with van der Waals surface area (Å²) in [7, 11) is 0. The van der Waals surface area contributed by atoms with Gasteiger partial charge in [0, 0.05) is 45.9 Å². The summed E-state index contributed by atoms with van der Waals surface area (Å²) in [6, 6.07) is 88.4. The van der Waals surface area contributed by atoms with E-state index in [2.05, 4.69) is 334 Å². The van der Waals surface area contributed by atoms with E-state index in [0.717, 1.165) is 56.4 Å². The highest BCUT2D eigenvalue weighted by molar-refractivity contribution is 6.09. The molecule has 1 atom stereocenters. The monoisotopic (exact) mass is 1150 g/mol. The molecule has 3 heterocycles. The maximum absolute atomic E-state index is 7.56. The summed E-state index contributed by atoms with van der Waals surface area (Å²) in [6.45, 7) is 28.1. The maximum Gasteiger partial charge on any atom is 0.137 e. The Balaban J connectivity index is 1.03. The molecule has 0 saturated heterocycles. The molecule has 1 unspecified atom stereocenters. The van der Waals surface area contributed by atoms with E-state index in [1.54, 1.807) is 0 Å². The van der Waals surface area contributed by atoms with Crippen LogP contribution in [0.4, 0.5) is 22.7 Å². The Morgan fingerprint density at radius 3 is 1.58 bits per heavy atom. The second-order valence-electron chi connectivity index (χ2n) is 28.5. The van der Waals surface area contributed by atoms with E-state index in [-0.39, 0.29) is 21.7 Å². The third-order valence-electron chi connectivity index (χ3n) is 18.6. The molecule has 1 aliphatic heterocycles. The minimum Gasteiger partial charge on any atom is -0.457 e. The van der Waals surface area contributed by atoms with E-state index in [4.69, 9.17) is 9.72 Å². The van der Waals surface area contributed by atoms with Gasteiger partial charge in [-0.15, -0.1) is 0 Å². The standard InChI is InChI=1S/C83H78N4O/c1-79(2,3)56-35-37-57(38-36-56)83(71-31-21-19-29-65(71)70-47-58(80(4,5)6)39-42-72(70)83)61-45-62(51-64(46-61)88-63-40-41-67-66-30-20-22-32-73(66)87(76(67)52-63)77-50-59(43-44-84-77)81(7,8)9)85-53-86(75-34-24-23-33-74(75)85)78-68(54-25-15-13-16-26-54)48-60(82(10,11)12)49-69(78)55-27-17-14-18-28-55/h13-52H,53H2,1-12H3. The largest absolute Gasteiger partial charge is 0.457 e. The summed E-state index contributed by atoms with van der Waals surface area (Å²) < 4.78 is 9.87. The molecule has 0 fully saturated rings. The number of rotatable bonds is 9. The average Bonchev–Trinajstić information content (AvgIpc) is 1.60. The lowest BCUT2D eigenvalue weighted by Crippen LogP contribution is -2.30. The lowest BCUT2D eigenvalue weighted by Gasteiger charge is -2.36. The molecule has 0 spiro atoms. The van der Waals surface area contributed by atoms with Crippen LogP contribution in [0.3, 0.4) is 0 Å². The summed E-state index contributed by atoms with van der Waals surface area (Å²) in [4.78, 5) is 10.1. The van der Waals surface area contributed by atoms with E-state index in [1.165, 1.54) is 83.4 Å². The van der Waals surface area contributed by atoms with Crippen LogP contribution in [-0.4, -0.2) is 16.2 Å². The van der Waals surface area contributed by atoms with Crippen molar-refractivity contribution in [1.82, 2.24) is 9.55 Å². The van der Waals surface area contributed by atoms with Crippen molar-refractivity contribution in [3.05, 3.63) is 287 Å². The van der Waals surface area contributed by atoms with Crippen LogP contribution in [-0.2, 0) is 27.1 Å². The van der Waals surface area contributed by atoms with Crippen molar-refractivity contribution >= 4 is 44.6 Å². The molecule has 88 heavy (non-hydrogen) atoms. The van der Waals surface area contributed by atoms with Crippen LogP contribution in [0.15, 0.2) is 243 Å². The number of hydrogen-bond donors (Lipinski definition) is 0. The van der Waals surface area contributed by atoms with Crippen LogP contribution in [0.2, 0.25) is 0 Å². The molecule has 0 N–H and O–H groups in total. The van der Waals surface area contributed by atoms with Gasteiger partial charge in [-0.3, -0.25) is 4.57 Å². The van der Waals surface area contributed by atoms with Gasteiger partial charge in [0.2, 0.25) is 0 Å². The average molecular weight is 1150 g/mol. The number of hydrogen-bond acceptors (Lipinski definition) is 4. The van der Waals surface area contributed by atoms with E-state index < -0.39 is 5.41 Å². The van der Waals surface area contributed by atoms with Gasteiger partial charge in [-0.05, 0) is 155 Å². The predicted molar refractivity (Wildman–Crippen MR) is 370 cm³/mol. The Bertz CT molecular complexity index is 4600. The molecule has 0 bridgehead atoms. The maximum atomic E-state index is 7.56. The van der Waals surface area contributed by atoms with Crippen molar-refractivity contribution in [3.63, 3.8) is 0 Å². The van der Waals surface area contributed by atoms with Gasteiger partial charge in [0.15, 0.2) is 0 Å². The minimum absolute atomic E-state index is 0.0409. The highest BCUT2D eigenvalue weighted by atomic mass is 16.5. The molecule has 5 nitrogen and oxygen atoms in total. The zero-order valence-corrected chi connectivity index (χ0v) is 53.0. The van der Waals surface area contributed by atoms with Gasteiger partial charge in [0.25, 0.3) is 0 Å². The molecule has 0 radical (unpaired) electrons. The van der Waals surface area contributed by atoms with Gasteiger partial charge in [0.05, 0.1) is 33.5 Å². The molecule has 10 aromatic carbocycles.